The predicted molar refractivity (Wildman–Crippen MR) is 75.3 cm³/mol. The first-order chi connectivity index (χ1) is 9.84. The van der Waals surface area contributed by atoms with E-state index in [-0.39, 0.29) is 5.91 Å². The number of hydrogen-bond acceptors (Lipinski definition) is 3. The van der Waals surface area contributed by atoms with E-state index in [1.165, 1.54) is 0 Å². The smallest absolute Gasteiger partial charge is 0.272 e. The number of benzene rings is 1. The summed E-state index contributed by atoms with van der Waals surface area (Å²) < 4.78 is 1.84. The van der Waals surface area contributed by atoms with Gasteiger partial charge in [-0.05, 0) is 18.6 Å². The zero-order valence-corrected chi connectivity index (χ0v) is 10.9. The van der Waals surface area contributed by atoms with Crippen LogP contribution in [0.2, 0.25) is 0 Å². The number of hydrogen-bond donors (Lipinski definition) is 2. The number of nitrogens with zero attached hydrogens (tertiary/aromatic N) is 3. The molecule has 0 saturated carbocycles. The van der Waals surface area contributed by atoms with Gasteiger partial charge < -0.3 is 5.32 Å². The van der Waals surface area contributed by atoms with Gasteiger partial charge in [0.05, 0.1) is 5.52 Å². The molecule has 0 aliphatic carbocycles. The summed E-state index contributed by atoms with van der Waals surface area (Å²) in [7, 11) is 0. The van der Waals surface area contributed by atoms with Gasteiger partial charge in [0.25, 0.3) is 5.91 Å². The van der Waals surface area contributed by atoms with E-state index in [0.717, 1.165) is 23.9 Å². The molecule has 0 radical (unpaired) electrons. The summed E-state index contributed by atoms with van der Waals surface area (Å²) in [6.45, 7) is 1.38. The molecule has 0 atom stereocenters. The van der Waals surface area contributed by atoms with Crippen LogP contribution in [0.1, 0.15) is 16.9 Å². The first-order valence-electron chi connectivity index (χ1n) is 6.53. The van der Waals surface area contributed by atoms with Crippen molar-refractivity contribution in [1.29, 1.82) is 0 Å². The third-order valence-corrected chi connectivity index (χ3v) is 3.09. The number of carbonyl (C=O) groups excluding carboxylic acids is 1. The van der Waals surface area contributed by atoms with Crippen molar-refractivity contribution >= 4 is 16.8 Å². The zero-order valence-electron chi connectivity index (χ0n) is 10.9. The molecule has 0 spiro atoms. The van der Waals surface area contributed by atoms with Gasteiger partial charge in [-0.3, -0.25) is 14.6 Å². The first-order valence-corrected chi connectivity index (χ1v) is 6.53. The van der Waals surface area contributed by atoms with Crippen LogP contribution in [-0.4, -0.2) is 32.4 Å². The summed E-state index contributed by atoms with van der Waals surface area (Å²) in [4.78, 5) is 12.1. The monoisotopic (exact) mass is 269 g/mol. The molecule has 2 aromatic heterocycles. The topological polar surface area (TPSA) is 75.6 Å². The Balaban J connectivity index is 1.56. The Kier molecular flexibility index (Phi) is 3.45. The Hall–Kier alpha value is -2.63. The summed E-state index contributed by atoms with van der Waals surface area (Å²) in [6.07, 6.45) is 4.48. The van der Waals surface area contributed by atoms with Crippen LogP contribution in [0.15, 0.2) is 42.7 Å². The highest BCUT2D eigenvalue weighted by Gasteiger charge is 2.12. The molecule has 2 heterocycles. The highest BCUT2D eigenvalue weighted by atomic mass is 16.1. The Labute approximate surface area is 115 Å². The second-order valence-corrected chi connectivity index (χ2v) is 4.50. The maximum atomic E-state index is 12.1. The third kappa shape index (κ3) is 2.54. The van der Waals surface area contributed by atoms with Crippen LogP contribution in [-0.2, 0) is 6.54 Å². The molecule has 2 N–H and O–H groups in total. The van der Waals surface area contributed by atoms with Crippen molar-refractivity contribution in [2.24, 2.45) is 0 Å². The largest absolute Gasteiger partial charge is 0.351 e. The van der Waals surface area contributed by atoms with E-state index in [4.69, 9.17) is 0 Å². The number of amides is 1. The van der Waals surface area contributed by atoms with Crippen LogP contribution in [0.4, 0.5) is 0 Å². The van der Waals surface area contributed by atoms with Crippen molar-refractivity contribution in [2.45, 2.75) is 13.0 Å². The number of aromatic nitrogens is 4. The summed E-state index contributed by atoms with van der Waals surface area (Å²) in [5.41, 5.74) is 1.31. The fourth-order valence-electron chi connectivity index (χ4n) is 2.10. The van der Waals surface area contributed by atoms with Crippen LogP contribution in [0.3, 0.4) is 0 Å². The lowest BCUT2D eigenvalue weighted by Gasteiger charge is -2.04. The minimum Gasteiger partial charge on any atom is -0.351 e. The third-order valence-electron chi connectivity index (χ3n) is 3.09. The van der Waals surface area contributed by atoms with Crippen molar-refractivity contribution in [3.63, 3.8) is 0 Å². The molecule has 0 aliphatic rings. The Morgan fingerprint density at radius 2 is 2.20 bits per heavy atom. The number of H-pyrrole nitrogens is 1. The lowest BCUT2D eigenvalue weighted by molar-refractivity contribution is 0.0949. The van der Waals surface area contributed by atoms with Gasteiger partial charge in [-0.2, -0.15) is 10.2 Å². The Morgan fingerprint density at radius 1 is 1.30 bits per heavy atom. The molecule has 102 valence electrons. The summed E-state index contributed by atoms with van der Waals surface area (Å²) in [6, 6.07) is 9.47. The summed E-state index contributed by atoms with van der Waals surface area (Å²) in [5.74, 6) is -0.150. The second-order valence-electron chi connectivity index (χ2n) is 4.50. The van der Waals surface area contributed by atoms with Gasteiger partial charge in [-0.25, -0.2) is 0 Å². The van der Waals surface area contributed by atoms with Gasteiger partial charge in [0, 0.05) is 30.9 Å². The van der Waals surface area contributed by atoms with Crippen LogP contribution in [0, 0.1) is 0 Å². The molecule has 3 aromatic rings. The van der Waals surface area contributed by atoms with Gasteiger partial charge >= 0.3 is 0 Å². The molecule has 1 amide bonds. The van der Waals surface area contributed by atoms with Crippen molar-refractivity contribution in [3.8, 4) is 0 Å². The van der Waals surface area contributed by atoms with Gasteiger partial charge in [0.2, 0.25) is 0 Å². The highest BCUT2D eigenvalue weighted by Crippen LogP contribution is 2.14. The highest BCUT2D eigenvalue weighted by molar-refractivity contribution is 6.04. The van der Waals surface area contributed by atoms with Crippen LogP contribution < -0.4 is 5.32 Å². The molecule has 0 unspecified atom stereocenters. The van der Waals surface area contributed by atoms with E-state index in [9.17, 15) is 4.79 Å². The van der Waals surface area contributed by atoms with E-state index in [1.54, 1.807) is 6.20 Å². The molecule has 0 fully saturated rings. The molecule has 6 heteroatoms. The van der Waals surface area contributed by atoms with E-state index < -0.39 is 0 Å². The van der Waals surface area contributed by atoms with Crippen molar-refractivity contribution in [2.75, 3.05) is 6.54 Å². The average Bonchev–Trinajstić information content (AvgIpc) is 3.12. The van der Waals surface area contributed by atoms with Gasteiger partial charge in [0.1, 0.15) is 0 Å². The lowest BCUT2D eigenvalue weighted by atomic mass is 10.2. The normalized spacial score (nSPS) is 10.8. The first kappa shape index (κ1) is 12.4. The number of nitrogens with one attached hydrogen (secondary N) is 2. The number of rotatable bonds is 5. The molecule has 6 nitrogen and oxygen atoms in total. The number of aromatic amines is 1. The van der Waals surface area contributed by atoms with E-state index in [1.807, 2.05) is 41.2 Å². The van der Waals surface area contributed by atoms with Crippen molar-refractivity contribution < 1.29 is 4.79 Å². The van der Waals surface area contributed by atoms with Gasteiger partial charge in [-0.15, -0.1) is 0 Å². The quantitative estimate of drug-likeness (QED) is 0.690. The van der Waals surface area contributed by atoms with Crippen LogP contribution in [0.25, 0.3) is 10.9 Å². The second kappa shape index (κ2) is 5.56. The van der Waals surface area contributed by atoms with Crippen LogP contribution in [0.5, 0.6) is 0 Å². The Morgan fingerprint density at radius 3 is 3.05 bits per heavy atom. The molecule has 0 bridgehead atoms. The van der Waals surface area contributed by atoms with Gasteiger partial charge in [-0.1, -0.05) is 18.2 Å². The SMILES string of the molecule is O=C(NCCCn1cccn1)c1n[nH]c2ccccc12. The molecule has 1 aromatic carbocycles. The lowest BCUT2D eigenvalue weighted by Crippen LogP contribution is -2.25. The maximum Gasteiger partial charge on any atom is 0.272 e. The molecule has 0 aliphatic heterocycles. The van der Waals surface area contributed by atoms with Crippen molar-refractivity contribution in [3.05, 3.63) is 48.4 Å². The standard InChI is InChI=1S/C14H15N5O/c20-14(15-7-3-9-19-10-4-8-16-19)13-11-5-1-2-6-12(11)17-18-13/h1-2,4-6,8,10H,3,7,9H2,(H,15,20)(H,17,18). The fourth-order valence-corrected chi connectivity index (χ4v) is 2.10. The van der Waals surface area contributed by atoms with E-state index >= 15 is 0 Å². The number of para-hydroxylation sites is 1. The van der Waals surface area contributed by atoms with Crippen LogP contribution >= 0.6 is 0 Å². The summed E-state index contributed by atoms with van der Waals surface area (Å²) >= 11 is 0. The van der Waals surface area contributed by atoms with Gasteiger partial charge in [0.15, 0.2) is 5.69 Å². The van der Waals surface area contributed by atoms with E-state index in [2.05, 4.69) is 20.6 Å². The maximum absolute atomic E-state index is 12.1. The molecular formula is C14H15N5O. The summed E-state index contributed by atoms with van der Waals surface area (Å²) in [5, 5.41) is 14.8. The Bertz CT molecular complexity index is 701. The predicted octanol–water partition coefficient (Wildman–Crippen LogP) is 1.58. The minimum atomic E-state index is -0.150. The van der Waals surface area contributed by atoms with E-state index in [0.29, 0.717) is 12.2 Å². The molecule has 3 rings (SSSR count). The molecule has 20 heavy (non-hydrogen) atoms. The fraction of sp³-hybridized carbons (Fsp3) is 0.214. The molecule has 0 saturated heterocycles. The number of aryl methyl sites for hydroxylation is 1. The average molecular weight is 269 g/mol. The minimum absolute atomic E-state index is 0.150. The van der Waals surface area contributed by atoms with Crippen molar-refractivity contribution in [1.82, 2.24) is 25.3 Å². The number of carbonyl (C=O) groups is 1. The molecular weight excluding hydrogens is 254 g/mol. The number of fused-ring (bicyclic) bond motifs is 1. The zero-order chi connectivity index (χ0) is 13.8.